The van der Waals surface area contributed by atoms with Crippen LogP contribution in [0.25, 0.3) is 11.0 Å². The summed E-state index contributed by atoms with van der Waals surface area (Å²) in [6.45, 7) is 3.57. The van der Waals surface area contributed by atoms with E-state index in [9.17, 15) is 14.7 Å². The Balaban J connectivity index is 1.53. The maximum absolute atomic E-state index is 13.7. The molecule has 10 heteroatoms. The van der Waals surface area contributed by atoms with Crippen molar-refractivity contribution in [1.29, 1.82) is 0 Å². The summed E-state index contributed by atoms with van der Waals surface area (Å²) in [6.07, 6.45) is 0. The Bertz CT molecular complexity index is 1360. The van der Waals surface area contributed by atoms with Crippen LogP contribution in [0.1, 0.15) is 22.2 Å². The summed E-state index contributed by atoms with van der Waals surface area (Å²) in [5, 5.41) is 12.2. The zero-order chi connectivity index (χ0) is 25.4. The third-order valence-corrected chi connectivity index (χ3v) is 7.26. The summed E-state index contributed by atoms with van der Waals surface area (Å²) in [5.41, 5.74) is 0.891. The number of ether oxygens (including phenoxy) is 2. The fraction of sp³-hybridized carbons (Fsp3) is 0.308. The molecule has 0 radical (unpaired) electrons. The van der Waals surface area contributed by atoms with Gasteiger partial charge in [0.25, 0.3) is 5.91 Å². The Morgan fingerprint density at radius 2 is 1.89 bits per heavy atom. The first-order valence-corrected chi connectivity index (χ1v) is 12.2. The normalized spacial score (nSPS) is 18.9. The van der Waals surface area contributed by atoms with E-state index >= 15 is 0 Å². The maximum Gasteiger partial charge on any atom is 0.290 e. The largest absolute Gasteiger partial charge is 0.503 e. The Morgan fingerprint density at radius 3 is 2.61 bits per heavy atom. The van der Waals surface area contributed by atoms with Crippen molar-refractivity contribution in [3.8, 4) is 5.75 Å². The van der Waals surface area contributed by atoms with Crippen LogP contribution in [0.3, 0.4) is 0 Å². The van der Waals surface area contributed by atoms with E-state index in [1.807, 2.05) is 0 Å². The van der Waals surface area contributed by atoms with Crippen molar-refractivity contribution in [3.63, 3.8) is 0 Å². The number of nitrogens with zero attached hydrogens (tertiary/aromatic N) is 2. The molecule has 1 unspecified atom stereocenters. The molecule has 1 N–H and O–H groups in total. The van der Waals surface area contributed by atoms with Gasteiger partial charge in [-0.05, 0) is 29.8 Å². The molecule has 2 aliphatic heterocycles. The van der Waals surface area contributed by atoms with Crippen LogP contribution >= 0.6 is 23.2 Å². The van der Waals surface area contributed by atoms with E-state index in [1.165, 1.54) is 12.0 Å². The third-order valence-electron chi connectivity index (χ3n) is 6.52. The van der Waals surface area contributed by atoms with Gasteiger partial charge in [0.2, 0.25) is 5.78 Å². The molecule has 1 amide bonds. The standard InChI is InChI=1S/C26H24Cl2N2O6/c1-34-19-4-2-3-16-14-20(36-25(16)19)23(31)21-22(15-5-6-17(27)18(28)13-15)30(26(33)24(21)32)8-7-29-9-11-35-12-10-29/h2-6,13-14,22,32H,7-12H2,1H3. The van der Waals surface area contributed by atoms with Gasteiger partial charge in [-0.25, -0.2) is 0 Å². The average Bonchev–Trinajstić information content (AvgIpc) is 3.44. The van der Waals surface area contributed by atoms with Crippen LogP contribution in [0.2, 0.25) is 10.0 Å². The lowest BCUT2D eigenvalue weighted by Gasteiger charge is -2.31. The number of para-hydroxylation sites is 1. The lowest BCUT2D eigenvalue weighted by molar-refractivity contribution is -0.129. The van der Waals surface area contributed by atoms with Crippen LogP contribution < -0.4 is 4.74 Å². The summed E-state index contributed by atoms with van der Waals surface area (Å²) < 4.78 is 16.6. The molecule has 2 aliphatic rings. The molecule has 1 atom stereocenters. The molecule has 1 fully saturated rings. The van der Waals surface area contributed by atoms with Gasteiger partial charge in [-0.2, -0.15) is 0 Å². The molecule has 0 bridgehead atoms. The number of rotatable bonds is 7. The number of carbonyl (C=O) groups is 2. The molecule has 3 aromatic rings. The Morgan fingerprint density at radius 1 is 1.11 bits per heavy atom. The molecule has 0 spiro atoms. The van der Waals surface area contributed by atoms with Crippen molar-refractivity contribution in [2.75, 3.05) is 46.5 Å². The minimum absolute atomic E-state index is 0.0102. The van der Waals surface area contributed by atoms with Crippen LogP contribution in [0.15, 0.2) is 58.2 Å². The van der Waals surface area contributed by atoms with Crippen molar-refractivity contribution in [2.45, 2.75) is 6.04 Å². The minimum Gasteiger partial charge on any atom is -0.503 e. The second kappa shape index (κ2) is 10.1. The van der Waals surface area contributed by atoms with Crippen LogP contribution in [-0.2, 0) is 9.53 Å². The number of morpholine rings is 1. The van der Waals surface area contributed by atoms with Crippen molar-refractivity contribution in [1.82, 2.24) is 9.80 Å². The van der Waals surface area contributed by atoms with Gasteiger partial charge in [0.1, 0.15) is 0 Å². The number of halogens is 2. The quantitative estimate of drug-likeness (QED) is 0.444. The highest BCUT2D eigenvalue weighted by molar-refractivity contribution is 6.42. The average molecular weight is 531 g/mol. The molecule has 36 heavy (non-hydrogen) atoms. The summed E-state index contributed by atoms with van der Waals surface area (Å²) in [4.78, 5) is 30.6. The highest BCUT2D eigenvalue weighted by Gasteiger charge is 2.44. The fourth-order valence-corrected chi connectivity index (χ4v) is 4.97. The third kappa shape index (κ3) is 4.46. The molecular formula is C26H24Cl2N2O6. The second-order valence-electron chi connectivity index (χ2n) is 8.61. The van der Waals surface area contributed by atoms with Crippen molar-refractivity contribution in [2.24, 2.45) is 0 Å². The van der Waals surface area contributed by atoms with Crippen molar-refractivity contribution in [3.05, 3.63) is 75.2 Å². The lowest BCUT2D eigenvalue weighted by Crippen LogP contribution is -2.43. The predicted octanol–water partition coefficient (Wildman–Crippen LogP) is 4.66. The predicted molar refractivity (Wildman–Crippen MR) is 135 cm³/mol. The van der Waals surface area contributed by atoms with E-state index in [0.717, 1.165) is 13.1 Å². The number of aliphatic hydroxyl groups excluding tert-OH is 1. The molecule has 8 nitrogen and oxygen atoms in total. The molecule has 0 aliphatic carbocycles. The van der Waals surface area contributed by atoms with Gasteiger partial charge < -0.3 is 23.9 Å². The van der Waals surface area contributed by atoms with Crippen molar-refractivity contribution >= 4 is 45.9 Å². The first-order chi connectivity index (χ1) is 17.4. The number of amides is 1. The van der Waals surface area contributed by atoms with Crippen LogP contribution in [0.5, 0.6) is 5.75 Å². The van der Waals surface area contributed by atoms with Crippen LogP contribution in [0.4, 0.5) is 0 Å². The smallest absolute Gasteiger partial charge is 0.290 e. The number of benzene rings is 2. The fourth-order valence-electron chi connectivity index (χ4n) is 4.66. The number of aliphatic hydroxyl groups is 1. The summed E-state index contributed by atoms with van der Waals surface area (Å²) in [6, 6.07) is 10.9. The molecule has 1 aromatic heterocycles. The van der Waals surface area contributed by atoms with Crippen molar-refractivity contribution < 1.29 is 28.6 Å². The minimum atomic E-state index is -0.865. The van der Waals surface area contributed by atoms with E-state index in [1.54, 1.807) is 42.5 Å². The van der Waals surface area contributed by atoms with Crippen LogP contribution in [-0.4, -0.2) is 73.1 Å². The van der Waals surface area contributed by atoms with Gasteiger partial charge in [-0.3, -0.25) is 14.5 Å². The number of hydrogen-bond acceptors (Lipinski definition) is 7. The van der Waals surface area contributed by atoms with Gasteiger partial charge in [0, 0.05) is 31.6 Å². The monoisotopic (exact) mass is 530 g/mol. The Hall–Kier alpha value is -3.04. The zero-order valence-electron chi connectivity index (χ0n) is 19.5. The number of fused-ring (bicyclic) bond motifs is 1. The number of furan rings is 1. The highest BCUT2D eigenvalue weighted by Crippen LogP contribution is 2.41. The van der Waals surface area contributed by atoms with Gasteiger partial charge in [-0.1, -0.05) is 41.4 Å². The topological polar surface area (TPSA) is 92.5 Å². The van der Waals surface area contributed by atoms with E-state index in [0.29, 0.717) is 53.6 Å². The summed E-state index contributed by atoms with van der Waals surface area (Å²) >= 11 is 12.4. The van der Waals surface area contributed by atoms with Gasteiger partial charge >= 0.3 is 0 Å². The molecule has 3 heterocycles. The molecular weight excluding hydrogens is 507 g/mol. The molecule has 0 saturated carbocycles. The van der Waals surface area contributed by atoms with Crippen LogP contribution in [0, 0.1) is 0 Å². The first-order valence-electron chi connectivity index (χ1n) is 11.5. The number of ketones is 1. The zero-order valence-corrected chi connectivity index (χ0v) is 21.0. The van der Waals surface area contributed by atoms with E-state index in [4.69, 9.17) is 37.1 Å². The van der Waals surface area contributed by atoms with E-state index in [-0.39, 0.29) is 16.4 Å². The molecule has 2 aromatic carbocycles. The summed E-state index contributed by atoms with van der Waals surface area (Å²) in [5.74, 6) is -1.37. The molecule has 5 rings (SSSR count). The Labute approximate surface area is 217 Å². The number of methoxy groups -OCH3 is 1. The SMILES string of the molecule is COc1cccc2cc(C(=O)C3=C(O)C(=O)N(CCN4CCOCC4)C3c3ccc(Cl)c(Cl)c3)oc12. The van der Waals surface area contributed by atoms with E-state index < -0.39 is 23.5 Å². The number of Topliss-reactive ketones (excluding diaryl/α,β-unsaturated/α-hetero) is 1. The van der Waals surface area contributed by atoms with Gasteiger partial charge in [-0.15, -0.1) is 0 Å². The van der Waals surface area contributed by atoms with Gasteiger partial charge in [0.15, 0.2) is 22.9 Å². The van der Waals surface area contributed by atoms with E-state index in [2.05, 4.69) is 4.90 Å². The molecule has 188 valence electrons. The first kappa shape index (κ1) is 24.6. The number of carbonyl (C=O) groups excluding carboxylic acids is 2. The number of hydrogen-bond donors (Lipinski definition) is 1. The summed E-state index contributed by atoms with van der Waals surface area (Å²) in [7, 11) is 1.51. The van der Waals surface area contributed by atoms with Gasteiger partial charge in [0.05, 0.1) is 42.0 Å². The maximum atomic E-state index is 13.7. The Kier molecular flexibility index (Phi) is 6.94. The second-order valence-corrected chi connectivity index (χ2v) is 9.42. The highest BCUT2D eigenvalue weighted by atomic mass is 35.5. The molecule has 1 saturated heterocycles. The lowest BCUT2D eigenvalue weighted by atomic mass is 9.95.